The number of nitrogens with zero attached hydrogens (tertiary/aromatic N) is 1. The summed E-state index contributed by atoms with van der Waals surface area (Å²) in [4.78, 5) is 33.9. The standard InChI is InChI=1S/C9H17NO2.C6H11N3O2/c1-9(2,3)12-8(11)10-6-4-5-7-10;10-4-8-9-6(11)5-2-1-3-7-5/h4-7H2,1-3H3;4-5,7H,1-3H2,(H,8,10)(H,9,11). The fraction of sp³-hybridized carbons (Fsp3) is 0.800. The zero-order chi connectivity index (χ0) is 17.3. The van der Waals surface area contributed by atoms with Gasteiger partial charge < -0.3 is 15.0 Å². The maximum atomic E-state index is 11.4. The number of hydrazine groups is 1. The molecule has 3 N–H and O–H groups in total. The molecule has 0 bridgehead atoms. The minimum Gasteiger partial charge on any atom is -0.444 e. The Morgan fingerprint density at radius 1 is 1.22 bits per heavy atom. The Morgan fingerprint density at radius 2 is 1.87 bits per heavy atom. The summed E-state index contributed by atoms with van der Waals surface area (Å²) in [5.74, 6) is -0.172. The van der Waals surface area contributed by atoms with Gasteiger partial charge in [-0.1, -0.05) is 0 Å². The topological polar surface area (TPSA) is 99.8 Å². The molecule has 1 unspecified atom stereocenters. The van der Waals surface area contributed by atoms with E-state index < -0.39 is 0 Å². The summed E-state index contributed by atoms with van der Waals surface area (Å²) in [6.07, 6.45) is 4.34. The van der Waals surface area contributed by atoms with Crippen LogP contribution in [0.2, 0.25) is 0 Å². The summed E-state index contributed by atoms with van der Waals surface area (Å²) in [6.45, 7) is 8.26. The van der Waals surface area contributed by atoms with Crippen LogP contribution in [0.4, 0.5) is 4.79 Å². The molecule has 0 aromatic carbocycles. The number of likely N-dealkylation sites (tertiary alicyclic amines) is 1. The van der Waals surface area contributed by atoms with Crippen molar-refractivity contribution in [3.63, 3.8) is 0 Å². The van der Waals surface area contributed by atoms with E-state index in [2.05, 4.69) is 16.2 Å². The minimum absolute atomic E-state index is 0.137. The average molecular weight is 328 g/mol. The molecule has 0 aliphatic carbocycles. The van der Waals surface area contributed by atoms with Gasteiger partial charge >= 0.3 is 6.09 Å². The van der Waals surface area contributed by atoms with Gasteiger partial charge in [-0.15, -0.1) is 0 Å². The molecule has 2 aliphatic heterocycles. The Kier molecular flexibility index (Phi) is 7.80. The monoisotopic (exact) mass is 328 g/mol. The second kappa shape index (κ2) is 9.34. The van der Waals surface area contributed by atoms with Crippen LogP contribution < -0.4 is 16.2 Å². The number of hydrogen-bond acceptors (Lipinski definition) is 5. The van der Waals surface area contributed by atoms with Crippen molar-refractivity contribution in [3.8, 4) is 0 Å². The van der Waals surface area contributed by atoms with Gasteiger partial charge in [-0.25, -0.2) is 4.79 Å². The van der Waals surface area contributed by atoms with Crippen LogP contribution in [-0.4, -0.2) is 54.6 Å². The Morgan fingerprint density at radius 3 is 2.35 bits per heavy atom. The lowest BCUT2D eigenvalue weighted by Gasteiger charge is -2.23. The summed E-state index contributed by atoms with van der Waals surface area (Å²) < 4.78 is 5.21. The molecule has 2 heterocycles. The number of rotatable bonds is 3. The number of hydrogen-bond donors (Lipinski definition) is 3. The molecular formula is C15H28N4O4. The highest BCUT2D eigenvalue weighted by atomic mass is 16.6. The van der Waals surface area contributed by atoms with E-state index in [-0.39, 0.29) is 23.6 Å². The second-order valence-electron chi connectivity index (χ2n) is 6.57. The van der Waals surface area contributed by atoms with Crippen molar-refractivity contribution in [2.24, 2.45) is 0 Å². The molecule has 0 aromatic rings. The highest BCUT2D eigenvalue weighted by molar-refractivity contribution is 5.82. The number of nitrogens with one attached hydrogen (secondary N) is 3. The number of ether oxygens (including phenoxy) is 1. The summed E-state index contributed by atoms with van der Waals surface area (Å²) >= 11 is 0. The van der Waals surface area contributed by atoms with Gasteiger partial charge in [0.15, 0.2) is 0 Å². The van der Waals surface area contributed by atoms with Gasteiger partial charge in [0, 0.05) is 13.1 Å². The Bertz CT molecular complexity index is 397. The van der Waals surface area contributed by atoms with Crippen molar-refractivity contribution >= 4 is 18.4 Å². The van der Waals surface area contributed by atoms with Crippen molar-refractivity contribution < 1.29 is 19.1 Å². The molecular weight excluding hydrogens is 300 g/mol. The molecule has 0 radical (unpaired) electrons. The molecule has 23 heavy (non-hydrogen) atoms. The van der Waals surface area contributed by atoms with Crippen molar-refractivity contribution in [1.29, 1.82) is 0 Å². The fourth-order valence-electron chi connectivity index (χ4n) is 2.32. The molecule has 2 aliphatic rings. The Hall–Kier alpha value is -1.83. The third kappa shape index (κ3) is 7.83. The van der Waals surface area contributed by atoms with Crippen LogP contribution in [0.15, 0.2) is 0 Å². The van der Waals surface area contributed by atoms with E-state index in [4.69, 9.17) is 4.74 Å². The molecule has 1 atom stereocenters. The Balaban J connectivity index is 0.000000231. The SMILES string of the molecule is CC(C)(C)OC(=O)N1CCCC1.O=CNNC(=O)C1CCCN1. The first-order valence-electron chi connectivity index (χ1n) is 8.04. The van der Waals surface area contributed by atoms with Gasteiger partial charge in [0.05, 0.1) is 6.04 Å². The van der Waals surface area contributed by atoms with Crippen LogP contribution in [0.25, 0.3) is 0 Å². The summed E-state index contributed by atoms with van der Waals surface area (Å²) in [5, 5.41) is 3.00. The number of carbonyl (C=O) groups is 3. The molecule has 2 rings (SSSR count). The second-order valence-corrected chi connectivity index (χ2v) is 6.57. The molecule has 0 spiro atoms. The first-order chi connectivity index (χ1) is 10.8. The maximum Gasteiger partial charge on any atom is 0.410 e. The van der Waals surface area contributed by atoms with Gasteiger partial charge in [0.1, 0.15) is 5.60 Å². The quantitative estimate of drug-likeness (QED) is 0.518. The third-order valence-electron chi connectivity index (χ3n) is 3.39. The van der Waals surface area contributed by atoms with E-state index in [1.54, 1.807) is 4.90 Å². The van der Waals surface area contributed by atoms with Crippen LogP contribution in [0.1, 0.15) is 46.5 Å². The highest BCUT2D eigenvalue weighted by Gasteiger charge is 2.24. The molecule has 8 nitrogen and oxygen atoms in total. The van der Waals surface area contributed by atoms with Gasteiger partial charge in [-0.3, -0.25) is 20.4 Å². The van der Waals surface area contributed by atoms with E-state index in [1.165, 1.54) is 0 Å². The first-order valence-corrected chi connectivity index (χ1v) is 8.04. The van der Waals surface area contributed by atoms with Crippen LogP contribution in [0, 0.1) is 0 Å². The van der Waals surface area contributed by atoms with Crippen molar-refractivity contribution in [2.75, 3.05) is 19.6 Å². The maximum absolute atomic E-state index is 11.4. The molecule has 2 saturated heterocycles. The highest BCUT2D eigenvalue weighted by Crippen LogP contribution is 2.14. The largest absolute Gasteiger partial charge is 0.444 e. The van der Waals surface area contributed by atoms with Crippen molar-refractivity contribution in [2.45, 2.75) is 58.1 Å². The van der Waals surface area contributed by atoms with Crippen LogP contribution in [0.3, 0.4) is 0 Å². The molecule has 2 fully saturated rings. The van der Waals surface area contributed by atoms with Crippen molar-refractivity contribution in [3.05, 3.63) is 0 Å². The summed E-state index contributed by atoms with van der Waals surface area (Å²) in [6, 6.07) is -0.137. The lowest BCUT2D eigenvalue weighted by atomic mass is 10.2. The molecule has 3 amide bonds. The smallest absolute Gasteiger partial charge is 0.410 e. The lowest BCUT2D eigenvalue weighted by molar-refractivity contribution is -0.126. The summed E-state index contributed by atoms with van der Waals surface area (Å²) in [7, 11) is 0. The van der Waals surface area contributed by atoms with Crippen molar-refractivity contribution in [1.82, 2.24) is 21.1 Å². The molecule has 8 heteroatoms. The number of amides is 3. The van der Waals surface area contributed by atoms with E-state index in [9.17, 15) is 14.4 Å². The normalized spacial score (nSPS) is 20.3. The third-order valence-corrected chi connectivity index (χ3v) is 3.39. The van der Waals surface area contributed by atoms with E-state index in [1.807, 2.05) is 20.8 Å². The Labute approximate surface area is 137 Å². The van der Waals surface area contributed by atoms with Crippen LogP contribution >= 0.6 is 0 Å². The van der Waals surface area contributed by atoms with E-state index in [0.717, 1.165) is 45.3 Å². The van der Waals surface area contributed by atoms with Gasteiger partial charge in [-0.05, 0) is 53.0 Å². The average Bonchev–Trinajstić information content (AvgIpc) is 3.15. The number of carbonyl (C=O) groups excluding carboxylic acids is 3. The van der Waals surface area contributed by atoms with Crippen LogP contribution in [-0.2, 0) is 14.3 Å². The van der Waals surface area contributed by atoms with Gasteiger partial charge in [0.2, 0.25) is 6.41 Å². The molecule has 0 aromatic heterocycles. The molecule has 132 valence electrons. The van der Waals surface area contributed by atoms with E-state index >= 15 is 0 Å². The van der Waals surface area contributed by atoms with Gasteiger partial charge in [0.25, 0.3) is 5.91 Å². The minimum atomic E-state index is -0.361. The predicted molar refractivity (Wildman–Crippen MR) is 85.4 cm³/mol. The van der Waals surface area contributed by atoms with Gasteiger partial charge in [-0.2, -0.15) is 0 Å². The zero-order valence-corrected chi connectivity index (χ0v) is 14.2. The fourth-order valence-corrected chi connectivity index (χ4v) is 2.32. The molecule has 0 saturated carbocycles. The van der Waals surface area contributed by atoms with Crippen LogP contribution in [0.5, 0.6) is 0 Å². The lowest BCUT2D eigenvalue weighted by Crippen LogP contribution is -2.46. The summed E-state index contributed by atoms with van der Waals surface area (Å²) in [5.41, 5.74) is 4.00. The predicted octanol–water partition coefficient (Wildman–Crippen LogP) is 0.533. The first kappa shape index (κ1) is 19.2. The zero-order valence-electron chi connectivity index (χ0n) is 14.2. The van der Waals surface area contributed by atoms with E-state index in [0.29, 0.717) is 6.41 Å².